The number of hydrogen-bond acceptors (Lipinski definition) is 4. The SMILES string of the molecule is Cl.O[C@@H]1COC2(CCNCC2)[C@@H]1O. The molecule has 2 atom stereocenters. The van der Waals surface area contributed by atoms with Gasteiger partial charge in [0.1, 0.15) is 12.2 Å². The van der Waals surface area contributed by atoms with Crippen LogP contribution in [-0.4, -0.2) is 47.7 Å². The Morgan fingerprint density at radius 2 is 1.85 bits per heavy atom. The highest BCUT2D eigenvalue weighted by Crippen LogP contribution is 2.34. The molecule has 2 aliphatic heterocycles. The van der Waals surface area contributed by atoms with E-state index in [1.807, 2.05) is 0 Å². The molecule has 0 aromatic carbocycles. The highest BCUT2D eigenvalue weighted by atomic mass is 35.5. The number of aliphatic hydroxyl groups is 2. The van der Waals surface area contributed by atoms with Gasteiger partial charge in [0.05, 0.1) is 12.2 Å². The maximum absolute atomic E-state index is 9.67. The van der Waals surface area contributed by atoms with Crippen LogP contribution in [-0.2, 0) is 4.74 Å². The molecule has 4 nitrogen and oxygen atoms in total. The molecule has 1 spiro atoms. The first-order valence-corrected chi connectivity index (χ1v) is 4.45. The quantitative estimate of drug-likeness (QED) is 0.493. The zero-order chi connectivity index (χ0) is 8.60. The third-order valence-corrected chi connectivity index (χ3v) is 2.89. The van der Waals surface area contributed by atoms with Crippen molar-refractivity contribution in [3.63, 3.8) is 0 Å². The maximum Gasteiger partial charge on any atom is 0.111 e. The summed E-state index contributed by atoms with van der Waals surface area (Å²) in [5.41, 5.74) is -0.454. The number of ether oxygens (including phenoxy) is 1. The number of aliphatic hydroxyl groups excluding tert-OH is 2. The zero-order valence-corrected chi connectivity index (χ0v) is 8.22. The maximum atomic E-state index is 9.67. The number of piperidine rings is 1. The smallest absolute Gasteiger partial charge is 0.111 e. The number of hydrogen-bond donors (Lipinski definition) is 3. The molecule has 2 fully saturated rings. The molecular formula is C8H16ClNO3. The van der Waals surface area contributed by atoms with E-state index < -0.39 is 17.8 Å². The fraction of sp³-hybridized carbons (Fsp3) is 1.00. The van der Waals surface area contributed by atoms with E-state index in [-0.39, 0.29) is 19.0 Å². The van der Waals surface area contributed by atoms with E-state index in [0.29, 0.717) is 0 Å². The summed E-state index contributed by atoms with van der Waals surface area (Å²) in [5, 5.41) is 22.2. The number of rotatable bonds is 0. The summed E-state index contributed by atoms with van der Waals surface area (Å²) in [6.45, 7) is 2.01. The fourth-order valence-electron chi connectivity index (χ4n) is 2.07. The van der Waals surface area contributed by atoms with Crippen LogP contribution in [0.4, 0.5) is 0 Å². The van der Waals surface area contributed by atoms with E-state index in [1.165, 1.54) is 0 Å². The third-order valence-electron chi connectivity index (χ3n) is 2.89. The predicted octanol–water partition coefficient (Wildman–Crippen LogP) is -0.718. The van der Waals surface area contributed by atoms with E-state index in [9.17, 15) is 10.2 Å². The first kappa shape index (κ1) is 11.2. The van der Waals surface area contributed by atoms with Crippen LogP contribution < -0.4 is 5.32 Å². The molecule has 0 radical (unpaired) electrons. The molecule has 5 heteroatoms. The second kappa shape index (κ2) is 4.11. The molecule has 2 heterocycles. The van der Waals surface area contributed by atoms with E-state index in [1.54, 1.807) is 0 Å². The Labute approximate surface area is 83.7 Å². The van der Waals surface area contributed by atoms with Gasteiger partial charge in [-0.15, -0.1) is 12.4 Å². The van der Waals surface area contributed by atoms with E-state index in [0.717, 1.165) is 25.9 Å². The lowest BCUT2D eigenvalue weighted by Gasteiger charge is -2.35. The Bertz CT molecular complexity index is 167. The van der Waals surface area contributed by atoms with Crippen LogP contribution >= 0.6 is 12.4 Å². The van der Waals surface area contributed by atoms with Crippen molar-refractivity contribution in [3.05, 3.63) is 0 Å². The molecule has 0 amide bonds. The Hall–Kier alpha value is 0.130. The molecule has 0 aromatic rings. The molecule has 0 saturated carbocycles. The third kappa shape index (κ3) is 1.82. The highest BCUT2D eigenvalue weighted by Gasteiger charge is 2.48. The van der Waals surface area contributed by atoms with Crippen LogP contribution in [0.1, 0.15) is 12.8 Å². The zero-order valence-electron chi connectivity index (χ0n) is 7.40. The molecule has 2 saturated heterocycles. The van der Waals surface area contributed by atoms with Crippen molar-refractivity contribution in [2.45, 2.75) is 30.7 Å². The van der Waals surface area contributed by atoms with Crippen molar-refractivity contribution in [1.29, 1.82) is 0 Å². The van der Waals surface area contributed by atoms with Gasteiger partial charge in [-0.2, -0.15) is 0 Å². The minimum absolute atomic E-state index is 0. The monoisotopic (exact) mass is 209 g/mol. The van der Waals surface area contributed by atoms with Gasteiger partial charge in [-0.25, -0.2) is 0 Å². The molecule has 0 aliphatic carbocycles. The van der Waals surface area contributed by atoms with Crippen LogP contribution in [0.15, 0.2) is 0 Å². The highest BCUT2D eigenvalue weighted by molar-refractivity contribution is 5.85. The topological polar surface area (TPSA) is 61.7 Å². The molecule has 3 N–H and O–H groups in total. The minimum atomic E-state index is -0.695. The summed E-state index contributed by atoms with van der Waals surface area (Å²) >= 11 is 0. The Morgan fingerprint density at radius 1 is 1.23 bits per heavy atom. The largest absolute Gasteiger partial charge is 0.388 e. The van der Waals surface area contributed by atoms with Gasteiger partial charge in [0, 0.05) is 0 Å². The summed E-state index contributed by atoms with van der Waals surface area (Å²) in [4.78, 5) is 0. The summed E-state index contributed by atoms with van der Waals surface area (Å²) in [6.07, 6.45) is 0.207. The molecular weight excluding hydrogens is 194 g/mol. The van der Waals surface area contributed by atoms with Crippen LogP contribution in [0.3, 0.4) is 0 Å². The minimum Gasteiger partial charge on any atom is -0.388 e. The Kier molecular flexibility index (Phi) is 3.54. The molecule has 0 aromatic heterocycles. The van der Waals surface area contributed by atoms with E-state index >= 15 is 0 Å². The molecule has 0 bridgehead atoms. The first-order chi connectivity index (χ1) is 5.75. The molecule has 13 heavy (non-hydrogen) atoms. The lowest BCUT2D eigenvalue weighted by Crippen LogP contribution is -2.50. The molecule has 2 aliphatic rings. The summed E-state index contributed by atoms with van der Waals surface area (Å²) < 4.78 is 5.47. The van der Waals surface area contributed by atoms with Gasteiger partial charge in [-0.05, 0) is 25.9 Å². The number of halogens is 1. The molecule has 2 rings (SSSR count). The lowest BCUT2D eigenvalue weighted by atomic mass is 9.86. The standard InChI is InChI=1S/C8H15NO3.ClH/c10-6-5-12-8(7(6)11)1-3-9-4-2-8;/h6-7,9-11H,1-5H2;1H/t6-,7-;/m1./s1. The van der Waals surface area contributed by atoms with Crippen molar-refractivity contribution in [3.8, 4) is 0 Å². The fourth-order valence-corrected chi connectivity index (χ4v) is 2.07. The average molecular weight is 210 g/mol. The average Bonchev–Trinajstić information content (AvgIpc) is 2.37. The predicted molar refractivity (Wildman–Crippen MR) is 50.0 cm³/mol. The van der Waals surface area contributed by atoms with Gasteiger partial charge in [0.15, 0.2) is 0 Å². The van der Waals surface area contributed by atoms with Gasteiger partial charge in [0.25, 0.3) is 0 Å². The molecule has 78 valence electrons. The van der Waals surface area contributed by atoms with Crippen LogP contribution in [0.2, 0.25) is 0 Å². The van der Waals surface area contributed by atoms with Gasteiger partial charge >= 0.3 is 0 Å². The summed E-state index contributed by atoms with van der Waals surface area (Å²) in [6, 6.07) is 0. The summed E-state index contributed by atoms with van der Waals surface area (Å²) in [7, 11) is 0. The van der Waals surface area contributed by atoms with Crippen LogP contribution in [0.25, 0.3) is 0 Å². The van der Waals surface area contributed by atoms with Crippen molar-refractivity contribution in [2.24, 2.45) is 0 Å². The first-order valence-electron chi connectivity index (χ1n) is 4.45. The van der Waals surface area contributed by atoms with Gasteiger partial charge < -0.3 is 20.3 Å². The van der Waals surface area contributed by atoms with Gasteiger partial charge in [0.2, 0.25) is 0 Å². The number of nitrogens with one attached hydrogen (secondary N) is 1. The normalized spacial score (nSPS) is 37.4. The molecule has 0 unspecified atom stereocenters. The van der Waals surface area contributed by atoms with Gasteiger partial charge in [-0.1, -0.05) is 0 Å². The van der Waals surface area contributed by atoms with Crippen molar-refractivity contribution < 1.29 is 14.9 Å². The van der Waals surface area contributed by atoms with E-state index in [2.05, 4.69) is 5.32 Å². The Balaban J connectivity index is 0.000000845. The summed E-state index contributed by atoms with van der Waals surface area (Å²) in [5.74, 6) is 0. The van der Waals surface area contributed by atoms with Crippen molar-refractivity contribution in [2.75, 3.05) is 19.7 Å². The Morgan fingerprint density at radius 3 is 2.31 bits per heavy atom. The second-order valence-corrected chi connectivity index (χ2v) is 3.64. The van der Waals surface area contributed by atoms with Gasteiger partial charge in [-0.3, -0.25) is 0 Å². The van der Waals surface area contributed by atoms with Crippen molar-refractivity contribution in [1.82, 2.24) is 5.32 Å². The lowest BCUT2D eigenvalue weighted by molar-refractivity contribution is -0.0817. The second-order valence-electron chi connectivity index (χ2n) is 3.64. The van der Waals surface area contributed by atoms with Crippen LogP contribution in [0.5, 0.6) is 0 Å². The van der Waals surface area contributed by atoms with Crippen LogP contribution in [0, 0.1) is 0 Å². The van der Waals surface area contributed by atoms with Crippen molar-refractivity contribution >= 4 is 12.4 Å². The van der Waals surface area contributed by atoms with E-state index in [4.69, 9.17) is 4.74 Å².